The number of aromatic nitrogens is 5. The van der Waals surface area contributed by atoms with Crippen molar-refractivity contribution in [2.75, 3.05) is 55.4 Å². The highest BCUT2D eigenvalue weighted by Gasteiger charge is 2.46. The Morgan fingerprint density at radius 1 is 0.934 bits per heavy atom. The van der Waals surface area contributed by atoms with Gasteiger partial charge in [-0.05, 0) is 129 Å². The normalized spacial score (nSPS) is 17.8. The second-order valence-electron chi connectivity index (χ2n) is 20.0. The van der Waals surface area contributed by atoms with Gasteiger partial charge < -0.3 is 24.8 Å². The van der Waals surface area contributed by atoms with Crippen molar-refractivity contribution in [3.63, 3.8) is 0 Å². The van der Waals surface area contributed by atoms with Crippen LogP contribution in [0.2, 0.25) is 0 Å². The number of hydrogen-bond donors (Lipinski definition) is 4. The number of anilines is 3. The lowest BCUT2D eigenvalue weighted by Crippen LogP contribution is -2.49. The molecular weight excluding hydrogens is 1010 g/mol. The van der Waals surface area contributed by atoms with Gasteiger partial charge in [-0.1, -0.05) is 29.5 Å². The molecule has 3 aromatic carbocycles. The van der Waals surface area contributed by atoms with Gasteiger partial charge in [0.2, 0.25) is 17.7 Å². The third-order valence-electron chi connectivity index (χ3n) is 15.1. The van der Waals surface area contributed by atoms with Gasteiger partial charge in [0.1, 0.15) is 22.8 Å². The number of fused-ring (bicyclic) bond motifs is 3. The van der Waals surface area contributed by atoms with Crippen molar-refractivity contribution in [2.24, 2.45) is 18.4 Å². The SMILES string of the molecule is COc1c(NC(=O)CN2CCC3(CC2)CC(COc2ccc(-c4ccc(N5CCc6ccnc(C(=O)Nc7nc8ccccc8s7)c6C5)nc4C(=O)O)c(C(F)(F)F)c2)C3)ccc2c(C3CCC(=O)NC3=O)nn(C)c12. The summed E-state index contributed by atoms with van der Waals surface area (Å²) in [6.45, 7) is 2.30. The molecule has 2 saturated heterocycles. The van der Waals surface area contributed by atoms with Crippen LogP contribution in [0.15, 0.2) is 79.0 Å². The number of piperidine rings is 2. The van der Waals surface area contributed by atoms with E-state index in [1.807, 2.05) is 30.3 Å². The number of carbonyl (C=O) groups is 5. The number of carbonyl (C=O) groups excluding carboxylic acids is 4. The number of thiazole rings is 1. The number of para-hydroxylation sites is 1. The monoisotopic (exact) mass is 1060 g/mol. The number of ether oxygens (including phenoxy) is 2. The number of pyridine rings is 2. The predicted octanol–water partition coefficient (Wildman–Crippen LogP) is 8.21. The Bertz CT molecular complexity index is 3460. The van der Waals surface area contributed by atoms with Crippen molar-refractivity contribution < 1.29 is 51.7 Å². The number of amides is 4. The van der Waals surface area contributed by atoms with Crippen LogP contribution in [-0.4, -0.2) is 104 Å². The highest BCUT2D eigenvalue weighted by atomic mass is 32.1. The molecule has 22 heteroatoms. The standard InChI is InChI=1S/C54H51F3N10O8S/c1-65-47-34(44(64-65)35-11-14-42(68)62-49(35)70)9-12-39(48(47)74-2)59-43(69)27-66-21-17-53(18-22-66)24-29(25-53)28-75-31-7-8-32(37(23-31)54(55,56)57)33-10-13-41(61-46(33)51(72)73)67-20-16-30-15-19-58-45(36(30)26-67)50(71)63-52-60-38-5-3-4-6-40(38)76-52/h3-10,12-13,15,19,23,29,35H,11,14,16-18,20-22,24-28H2,1-2H3,(H,59,69)(H,72,73)(H,60,63,71)(H,62,68,70). The Labute approximate surface area is 436 Å². The fourth-order valence-electron chi connectivity index (χ4n) is 11.4. The van der Waals surface area contributed by atoms with Crippen molar-refractivity contribution >= 4 is 78.7 Å². The van der Waals surface area contributed by atoms with Crippen LogP contribution in [-0.2, 0) is 40.6 Å². The van der Waals surface area contributed by atoms with Gasteiger partial charge in [0.25, 0.3) is 5.91 Å². The summed E-state index contributed by atoms with van der Waals surface area (Å²) in [5, 5.41) is 24.3. The Morgan fingerprint density at radius 3 is 2.47 bits per heavy atom. The molecule has 0 radical (unpaired) electrons. The first kappa shape index (κ1) is 50.2. The van der Waals surface area contributed by atoms with Crippen molar-refractivity contribution in [3.05, 3.63) is 113 Å². The Hall–Kier alpha value is -7.98. The summed E-state index contributed by atoms with van der Waals surface area (Å²) >= 11 is 1.33. The number of aryl methyl sites for hydroxylation is 1. The topological polar surface area (TPSA) is 223 Å². The number of aromatic carboxylic acids is 1. The number of alkyl halides is 3. The number of halogens is 3. The highest BCUT2D eigenvalue weighted by Crippen LogP contribution is 2.53. The number of methoxy groups -OCH3 is 1. The number of nitrogens with zero attached hydrogens (tertiary/aromatic N) is 7. The molecule has 11 rings (SSSR count). The van der Waals surface area contributed by atoms with Gasteiger partial charge in [-0.3, -0.25) is 44.4 Å². The fourth-order valence-corrected chi connectivity index (χ4v) is 12.3. The molecule has 1 atom stereocenters. The number of benzene rings is 3. The van der Waals surface area contributed by atoms with E-state index in [0.29, 0.717) is 71.2 Å². The minimum absolute atomic E-state index is 0.0109. The molecule has 4 aliphatic rings. The van der Waals surface area contributed by atoms with Crippen LogP contribution < -0.4 is 30.3 Å². The quantitative estimate of drug-likeness (QED) is 0.0800. The zero-order chi connectivity index (χ0) is 53.0. The maximum absolute atomic E-state index is 14.8. The zero-order valence-corrected chi connectivity index (χ0v) is 42.1. The molecule has 76 heavy (non-hydrogen) atoms. The number of nitrogens with one attached hydrogen (secondary N) is 3. The number of imide groups is 1. The average molecular weight is 1060 g/mol. The van der Waals surface area contributed by atoms with E-state index in [1.165, 1.54) is 42.7 Å². The predicted molar refractivity (Wildman–Crippen MR) is 276 cm³/mol. The molecule has 7 heterocycles. The number of rotatable bonds is 13. The third-order valence-corrected chi connectivity index (χ3v) is 16.1. The molecule has 392 valence electrons. The van der Waals surface area contributed by atoms with Crippen molar-refractivity contribution in [1.82, 2.24) is 34.9 Å². The van der Waals surface area contributed by atoms with Crippen molar-refractivity contribution in [2.45, 2.75) is 63.6 Å². The largest absolute Gasteiger partial charge is 0.493 e. The average Bonchev–Trinajstić information content (AvgIpc) is 3.97. The molecule has 18 nitrogen and oxygen atoms in total. The first-order chi connectivity index (χ1) is 36.5. The maximum atomic E-state index is 14.8. The van der Waals surface area contributed by atoms with Gasteiger partial charge in [-0.25, -0.2) is 14.8 Å². The second kappa shape index (κ2) is 19.9. The minimum atomic E-state index is -4.86. The Kier molecular flexibility index (Phi) is 13.2. The molecule has 1 unspecified atom stereocenters. The molecule has 3 aliphatic heterocycles. The van der Waals surface area contributed by atoms with Crippen LogP contribution in [0, 0.1) is 11.3 Å². The second-order valence-corrected chi connectivity index (χ2v) is 21.0. The van der Waals surface area contributed by atoms with Gasteiger partial charge in [0.05, 0.1) is 53.3 Å². The molecule has 0 bridgehead atoms. The summed E-state index contributed by atoms with van der Waals surface area (Å²) in [5.41, 5.74) is 1.91. The van der Waals surface area contributed by atoms with Crippen molar-refractivity contribution in [1.29, 1.82) is 0 Å². The van der Waals surface area contributed by atoms with Crippen molar-refractivity contribution in [3.8, 4) is 22.6 Å². The van der Waals surface area contributed by atoms with Crippen LogP contribution in [0.3, 0.4) is 0 Å². The number of likely N-dealkylation sites (tertiary alicyclic amines) is 1. The molecule has 1 saturated carbocycles. The molecule has 3 fully saturated rings. The fraction of sp³-hybridized carbons (Fsp3) is 0.352. The summed E-state index contributed by atoms with van der Waals surface area (Å²) in [6.07, 6.45) is 1.10. The van der Waals surface area contributed by atoms with Gasteiger partial charge in [-0.2, -0.15) is 18.3 Å². The van der Waals surface area contributed by atoms with E-state index in [9.17, 15) is 42.3 Å². The smallest absolute Gasteiger partial charge is 0.417 e. The van der Waals surface area contributed by atoms with E-state index in [4.69, 9.17) is 9.47 Å². The molecule has 4 aromatic heterocycles. The first-order valence-electron chi connectivity index (χ1n) is 24.9. The number of hydrogen-bond acceptors (Lipinski definition) is 14. The highest BCUT2D eigenvalue weighted by molar-refractivity contribution is 7.22. The van der Waals surface area contributed by atoms with E-state index >= 15 is 0 Å². The lowest BCUT2D eigenvalue weighted by atomic mass is 9.58. The maximum Gasteiger partial charge on any atom is 0.417 e. The zero-order valence-electron chi connectivity index (χ0n) is 41.3. The number of carboxylic acid groups (broad SMARTS) is 1. The first-order valence-corrected chi connectivity index (χ1v) is 25.7. The number of carboxylic acids is 1. The summed E-state index contributed by atoms with van der Waals surface area (Å²) in [4.78, 5) is 81.2. The summed E-state index contributed by atoms with van der Waals surface area (Å²) in [5.74, 6) is -2.73. The summed E-state index contributed by atoms with van der Waals surface area (Å²) < 4.78 is 58.8. The lowest BCUT2D eigenvalue weighted by Gasteiger charge is -2.52. The van der Waals surface area contributed by atoms with E-state index in [0.717, 1.165) is 47.5 Å². The van der Waals surface area contributed by atoms with E-state index in [-0.39, 0.29) is 77.7 Å². The molecule has 1 aliphatic carbocycles. The van der Waals surface area contributed by atoms with E-state index < -0.39 is 41.1 Å². The van der Waals surface area contributed by atoms with Crippen LogP contribution in [0.25, 0.3) is 32.2 Å². The van der Waals surface area contributed by atoms with E-state index in [2.05, 4.69) is 40.9 Å². The Morgan fingerprint density at radius 2 is 1.72 bits per heavy atom. The molecule has 4 amide bonds. The third kappa shape index (κ3) is 9.77. The molecular formula is C54H51F3N10O8S. The molecule has 7 aromatic rings. The summed E-state index contributed by atoms with van der Waals surface area (Å²) in [6, 6.07) is 19.2. The van der Waals surface area contributed by atoms with Crippen LogP contribution in [0.1, 0.15) is 87.8 Å². The van der Waals surface area contributed by atoms with Gasteiger partial charge in [0, 0.05) is 49.3 Å². The summed E-state index contributed by atoms with van der Waals surface area (Å²) in [7, 11) is 3.23. The minimum Gasteiger partial charge on any atom is -0.493 e. The van der Waals surface area contributed by atoms with Crippen LogP contribution in [0.5, 0.6) is 11.5 Å². The molecule has 1 spiro atoms. The van der Waals surface area contributed by atoms with Crippen LogP contribution in [0.4, 0.5) is 29.8 Å². The van der Waals surface area contributed by atoms with Gasteiger partial charge in [-0.15, -0.1) is 0 Å². The Balaban J connectivity index is 0.699. The van der Waals surface area contributed by atoms with Gasteiger partial charge >= 0.3 is 12.1 Å². The molecule has 4 N–H and O–H groups in total. The van der Waals surface area contributed by atoms with E-state index in [1.54, 1.807) is 35.0 Å². The van der Waals surface area contributed by atoms with Gasteiger partial charge in [0.15, 0.2) is 16.6 Å². The van der Waals surface area contributed by atoms with Crippen LogP contribution >= 0.6 is 11.3 Å². The lowest BCUT2D eigenvalue weighted by molar-refractivity contribution is -0.137.